The zero-order chi connectivity index (χ0) is 27.8. The lowest BCUT2D eigenvalue weighted by Crippen LogP contribution is -2.53. The summed E-state index contributed by atoms with van der Waals surface area (Å²) in [4.78, 5) is 43.9. The summed E-state index contributed by atoms with van der Waals surface area (Å²) in [6, 6.07) is 6.73. The van der Waals surface area contributed by atoms with Crippen molar-refractivity contribution in [2.24, 2.45) is 0 Å². The number of benzene rings is 1. The molecular weight excluding hydrogens is 522 g/mol. The Morgan fingerprint density at radius 3 is 2.38 bits per heavy atom. The fraction of sp³-hybridized carbons (Fsp3) is 0.462. The molecule has 1 amide bonds. The van der Waals surface area contributed by atoms with Crippen LogP contribution in [0, 0.1) is 5.82 Å². The van der Waals surface area contributed by atoms with Gasteiger partial charge in [-0.25, -0.2) is 14.2 Å². The van der Waals surface area contributed by atoms with Gasteiger partial charge in [-0.1, -0.05) is 0 Å². The minimum Gasteiger partial charge on any atom is -0.450 e. The maximum absolute atomic E-state index is 13.3. The van der Waals surface area contributed by atoms with Crippen molar-refractivity contribution in [2.75, 3.05) is 26.2 Å². The van der Waals surface area contributed by atoms with Gasteiger partial charge < -0.3 is 19.5 Å². The van der Waals surface area contributed by atoms with Gasteiger partial charge in [0.15, 0.2) is 0 Å². The van der Waals surface area contributed by atoms with E-state index in [1.165, 1.54) is 23.4 Å². The molecule has 2 fully saturated rings. The Morgan fingerprint density at radius 2 is 1.74 bits per heavy atom. The summed E-state index contributed by atoms with van der Waals surface area (Å²) in [6.07, 6.45) is -0.700. The van der Waals surface area contributed by atoms with Gasteiger partial charge in [0.1, 0.15) is 23.4 Å². The molecule has 0 atom stereocenters. The molecule has 5 rings (SSSR count). The molecule has 208 valence electrons. The summed E-state index contributed by atoms with van der Waals surface area (Å²) in [6.45, 7) is 1.27. The van der Waals surface area contributed by atoms with Gasteiger partial charge >= 0.3 is 12.1 Å². The number of hydrogen-bond donors (Lipinski definition) is 1. The Bertz CT molecular complexity index is 1420. The van der Waals surface area contributed by atoms with Crippen molar-refractivity contribution in [2.45, 2.75) is 50.0 Å². The lowest BCUT2D eigenvalue weighted by atomic mass is 9.90. The first-order valence-electron chi connectivity index (χ1n) is 12.7. The zero-order valence-electron chi connectivity index (χ0n) is 20.9. The number of alkyl halides is 3. The molecule has 39 heavy (non-hydrogen) atoms. The third kappa shape index (κ3) is 5.54. The second-order valence-corrected chi connectivity index (χ2v) is 9.99. The van der Waals surface area contributed by atoms with Crippen LogP contribution in [0.4, 0.5) is 17.6 Å². The van der Waals surface area contributed by atoms with Crippen LogP contribution in [0.25, 0.3) is 11.0 Å². The molecule has 0 saturated carbocycles. The lowest BCUT2D eigenvalue weighted by Gasteiger charge is -2.41. The van der Waals surface area contributed by atoms with E-state index in [4.69, 9.17) is 4.74 Å². The van der Waals surface area contributed by atoms with Crippen LogP contribution in [0.5, 0.6) is 0 Å². The van der Waals surface area contributed by atoms with E-state index in [-0.39, 0.29) is 44.1 Å². The molecule has 0 unspecified atom stereocenters. The number of nitrogens with zero attached hydrogens (tertiary/aromatic N) is 4. The first kappa shape index (κ1) is 26.9. The van der Waals surface area contributed by atoms with E-state index in [0.29, 0.717) is 11.0 Å². The van der Waals surface area contributed by atoms with Gasteiger partial charge in [0, 0.05) is 43.7 Å². The number of carbonyl (C=O) groups is 2. The molecule has 0 radical (unpaired) electrons. The molecule has 1 aromatic carbocycles. The molecule has 9 nitrogen and oxygen atoms in total. The van der Waals surface area contributed by atoms with Crippen molar-refractivity contribution in [3.8, 4) is 0 Å². The van der Waals surface area contributed by atoms with E-state index in [9.17, 15) is 31.9 Å². The van der Waals surface area contributed by atoms with Crippen LogP contribution in [0.3, 0.4) is 0 Å². The molecule has 4 heterocycles. The van der Waals surface area contributed by atoms with Crippen molar-refractivity contribution >= 4 is 22.9 Å². The zero-order valence-corrected chi connectivity index (χ0v) is 20.9. The quantitative estimate of drug-likeness (QED) is 0.388. The van der Waals surface area contributed by atoms with Gasteiger partial charge in [-0.15, -0.1) is 0 Å². The topological polar surface area (TPSA) is 98.5 Å². The largest absolute Gasteiger partial charge is 0.490 e. The van der Waals surface area contributed by atoms with Gasteiger partial charge in [0.25, 0.3) is 11.5 Å². The van der Waals surface area contributed by atoms with Crippen LogP contribution >= 0.6 is 0 Å². The van der Waals surface area contributed by atoms with E-state index >= 15 is 0 Å². The highest BCUT2D eigenvalue weighted by Crippen LogP contribution is 2.32. The number of fused-ring (bicyclic) bond motifs is 1. The van der Waals surface area contributed by atoms with Crippen molar-refractivity contribution in [3.63, 3.8) is 0 Å². The summed E-state index contributed by atoms with van der Waals surface area (Å²) in [5.41, 5.74) is -1.44. The van der Waals surface area contributed by atoms with Gasteiger partial charge in [-0.05, 0) is 56.3 Å². The Kier molecular flexibility index (Phi) is 7.19. The van der Waals surface area contributed by atoms with Crippen molar-refractivity contribution in [3.05, 3.63) is 64.6 Å². The van der Waals surface area contributed by atoms with Crippen LogP contribution in [0.15, 0.2) is 47.7 Å². The summed E-state index contributed by atoms with van der Waals surface area (Å²) >= 11 is 0. The van der Waals surface area contributed by atoms with E-state index in [1.807, 2.05) is 4.57 Å². The van der Waals surface area contributed by atoms with E-state index in [0.717, 1.165) is 42.6 Å². The first-order chi connectivity index (χ1) is 18.6. The molecule has 3 aromatic rings. The van der Waals surface area contributed by atoms with E-state index < -0.39 is 35.0 Å². The van der Waals surface area contributed by atoms with E-state index in [1.54, 1.807) is 12.3 Å². The Morgan fingerprint density at radius 1 is 1.08 bits per heavy atom. The van der Waals surface area contributed by atoms with Gasteiger partial charge in [0.2, 0.25) is 0 Å². The number of likely N-dealkylation sites (tertiary alicyclic amines) is 1. The Hall–Kier alpha value is -3.74. The summed E-state index contributed by atoms with van der Waals surface area (Å²) in [7, 11) is 0. The molecule has 0 spiro atoms. The third-order valence-electron chi connectivity index (χ3n) is 7.45. The van der Waals surface area contributed by atoms with E-state index in [2.05, 4.69) is 10.3 Å². The average molecular weight is 550 g/mol. The molecular formula is C26H27F4N5O4. The van der Waals surface area contributed by atoms with Crippen molar-refractivity contribution < 1.29 is 31.9 Å². The van der Waals surface area contributed by atoms with Crippen LogP contribution in [-0.2, 0) is 16.1 Å². The monoisotopic (exact) mass is 549 g/mol. The Labute approximate surface area is 220 Å². The van der Waals surface area contributed by atoms with Crippen LogP contribution < -0.4 is 10.9 Å². The Balaban J connectivity index is 1.40. The minimum absolute atomic E-state index is 0.0299. The summed E-state index contributed by atoms with van der Waals surface area (Å²) < 4.78 is 60.9. The molecule has 2 aliphatic rings. The molecule has 0 bridgehead atoms. The first-order valence-corrected chi connectivity index (χ1v) is 12.7. The fourth-order valence-electron chi connectivity index (χ4n) is 5.32. The maximum atomic E-state index is 13.3. The molecule has 1 N–H and O–H groups in total. The molecule has 2 aromatic heterocycles. The highest BCUT2D eigenvalue weighted by molar-refractivity contribution is 5.94. The van der Waals surface area contributed by atoms with Crippen LogP contribution in [-0.4, -0.2) is 68.9 Å². The number of rotatable bonds is 5. The molecule has 2 aliphatic heterocycles. The number of piperidine rings is 2. The molecule has 0 aliphatic carbocycles. The number of nitrogens with one attached hydrogen (secondary N) is 1. The lowest BCUT2D eigenvalue weighted by molar-refractivity contribution is -0.218. The smallest absolute Gasteiger partial charge is 0.450 e. The van der Waals surface area contributed by atoms with Crippen LogP contribution in [0.1, 0.15) is 42.1 Å². The van der Waals surface area contributed by atoms with Crippen LogP contribution in [0.2, 0.25) is 0 Å². The number of ether oxygens (including phenoxy) is 1. The second kappa shape index (κ2) is 10.4. The summed E-state index contributed by atoms with van der Waals surface area (Å²) in [5.74, 6) is -3.30. The van der Waals surface area contributed by atoms with Crippen molar-refractivity contribution in [1.29, 1.82) is 0 Å². The molecule has 2 saturated heterocycles. The third-order valence-corrected chi connectivity index (χ3v) is 7.45. The predicted octanol–water partition coefficient (Wildman–Crippen LogP) is 3.04. The number of esters is 1. The number of carbonyl (C=O) groups excluding carboxylic acids is 2. The normalized spacial score (nSPS) is 18.3. The fourth-order valence-corrected chi connectivity index (χ4v) is 5.32. The summed E-state index contributed by atoms with van der Waals surface area (Å²) in [5, 5.41) is 3.60. The minimum atomic E-state index is -5.23. The highest BCUT2D eigenvalue weighted by Gasteiger charge is 2.48. The number of aromatic nitrogens is 3. The predicted molar refractivity (Wildman–Crippen MR) is 132 cm³/mol. The number of halogens is 4. The number of amides is 1. The second-order valence-electron chi connectivity index (χ2n) is 9.99. The SMILES string of the molecule is O=C(c1ccc(F)cc1)N1CCC(Cn2cnc3c(ccn3C3CCNCC3)c2=O)(OC(=O)C(F)(F)F)CC1. The number of hydrogen-bond acceptors (Lipinski definition) is 6. The van der Waals surface area contributed by atoms with Gasteiger partial charge in [-0.3, -0.25) is 14.2 Å². The van der Waals surface area contributed by atoms with Gasteiger partial charge in [0.05, 0.1) is 11.9 Å². The average Bonchev–Trinajstić information content (AvgIpc) is 3.36. The standard InChI is InChI=1S/C26H27F4N5O4/c27-18-3-1-17(2-4-18)22(36)33-13-8-25(9-14-33,39-24(38)26(28,29)30)15-34-16-32-21-20(23(34)37)7-12-35(21)19-5-10-31-11-6-19/h1-4,7,12,16,19,31H,5-6,8-11,13-15H2. The molecule has 13 heteroatoms. The van der Waals surface area contributed by atoms with Gasteiger partial charge in [-0.2, -0.15) is 13.2 Å². The maximum Gasteiger partial charge on any atom is 0.490 e. The van der Waals surface area contributed by atoms with Crippen molar-refractivity contribution in [1.82, 2.24) is 24.3 Å². The highest BCUT2D eigenvalue weighted by atomic mass is 19.4.